The molecule has 4 N–H and O–H groups in total. The lowest BCUT2D eigenvalue weighted by Gasteiger charge is -2.38. The van der Waals surface area contributed by atoms with Gasteiger partial charge >= 0.3 is 0 Å². The molecule has 1 aliphatic rings. The van der Waals surface area contributed by atoms with E-state index >= 15 is 0 Å². The van der Waals surface area contributed by atoms with Gasteiger partial charge in [-0.1, -0.05) is 0 Å². The Bertz CT molecular complexity index is 460. The molecule has 0 radical (unpaired) electrons. The highest BCUT2D eigenvalue weighted by Gasteiger charge is 2.27. The first-order valence-electron chi connectivity index (χ1n) is 6.28. The minimum atomic E-state index is -0.431. The van der Waals surface area contributed by atoms with Gasteiger partial charge in [-0.3, -0.25) is 4.79 Å². The van der Waals surface area contributed by atoms with E-state index in [-0.39, 0.29) is 12.1 Å². The highest BCUT2D eigenvalue weighted by atomic mass is 16.1. The van der Waals surface area contributed by atoms with Crippen LogP contribution in [0.4, 0.5) is 5.82 Å². The summed E-state index contributed by atoms with van der Waals surface area (Å²) in [6.07, 6.45) is 1.83. The van der Waals surface area contributed by atoms with E-state index in [9.17, 15) is 4.79 Å². The van der Waals surface area contributed by atoms with Crippen molar-refractivity contribution in [2.45, 2.75) is 38.8 Å². The summed E-state index contributed by atoms with van der Waals surface area (Å²) in [5.41, 5.74) is 12.7. The highest BCUT2D eigenvalue weighted by Crippen LogP contribution is 2.25. The SMILES string of the molecule is Cc1ccc(C(N)=O)c(N2CCC(N)CC2C)n1. The number of carbonyl (C=O) groups is 1. The fourth-order valence-corrected chi connectivity index (χ4v) is 2.48. The maximum atomic E-state index is 11.5. The number of primary amides is 1. The number of aromatic nitrogens is 1. The van der Waals surface area contributed by atoms with Crippen LogP contribution >= 0.6 is 0 Å². The standard InChI is InChI=1S/C13H20N4O/c1-8-3-4-11(12(15)18)13(16-8)17-6-5-10(14)7-9(17)2/h3-4,9-10H,5-7,14H2,1-2H3,(H2,15,18). The molecule has 2 rings (SSSR count). The molecule has 5 nitrogen and oxygen atoms in total. The molecule has 98 valence electrons. The Morgan fingerprint density at radius 2 is 2.22 bits per heavy atom. The first-order chi connectivity index (χ1) is 8.49. The smallest absolute Gasteiger partial charge is 0.252 e. The van der Waals surface area contributed by atoms with Crippen molar-refractivity contribution in [2.24, 2.45) is 11.5 Å². The highest BCUT2D eigenvalue weighted by molar-refractivity contribution is 5.97. The van der Waals surface area contributed by atoms with Crippen molar-refractivity contribution >= 4 is 11.7 Å². The number of piperidine rings is 1. The number of hydrogen-bond acceptors (Lipinski definition) is 4. The van der Waals surface area contributed by atoms with E-state index in [2.05, 4.69) is 16.8 Å². The second-order valence-electron chi connectivity index (χ2n) is 5.01. The number of nitrogens with two attached hydrogens (primary N) is 2. The molecule has 1 fully saturated rings. The zero-order valence-corrected chi connectivity index (χ0v) is 10.9. The van der Waals surface area contributed by atoms with E-state index in [1.54, 1.807) is 6.07 Å². The van der Waals surface area contributed by atoms with E-state index < -0.39 is 5.91 Å². The quantitative estimate of drug-likeness (QED) is 0.811. The Morgan fingerprint density at radius 3 is 2.83 bits per heavy atom. The molecule has 1 aromatic heterocycles. The fraction of sp³-hybridized carbons (Fsp3) is 0.538. The zero-order chi connectivity index (χ0) is 13.3. The van der Waals surface area contributed by atoms with Crippen LogP contribution < -0.4 is 16.4 Å². The minimum Gasteiger partial charge on any atom is -0.365 e. The second-order valence-corrected chi connectivity index (χ2v) is 5.01. The van der Waals surface area contributed by atoms with Crippen LogP contribution in [0.3, 0.4) is 0 Å². The number of rotatable bonds is 2. The third-order valence-electron chi connectivity index (χ3n) is 3.47. The lowest BCUT2D eigenvalue weighted by Crippen LogP contribution is -2.46. The van der Waals surface area contributed by atoms with Gasteiger partial charge in [-0.05, 0) is 38.8 Å². The first kappa shape index (κ1) is 12.8. The predicted octanol–water partition coefficient (Wildman–Crippen LogP) is 0.805. The summed E-state index contributed by atoms with van der Waals surface area (Å²) in [5.74, 6) is 0.265. The molecular formula is C13H20N4O. The van der Waals surface area contributed by atoms with E-state index in [1.165, 1.54) is 0 Å². The summed E-state index contributed by atoms with van der Waals surface area (Å²) in [5, 5.41) is 0. The summed E-state index contributed by atoms with van der Waals surface area (Å²) in [6.45, 7) is 4.83. The van der Waals surface area contributed by atoms with Crippen LogP contribution in [0.25, 0.3) is 0 Å². The topological polar surface area (TPSA) is 85.2 Å². The van der Waals surface area contributed by atoms with Gasteiger partial charge in [0.2, 0.25) is 0 Å². The molecule has 0 spiro atoms. The van der Waals surface area contributed by atoms with Crippen molar-refractivity contribution in [1.29, 1.82) is 0 Å². The van der Waals surface area contributed by atoms with Crippen molar-refractivity contribution < 1.29 is 4.79 Å². The van der Waals surface area contributed by atoms with Crippen molar-refractivity contribution in [3.8, 4) is 0 Å². The van der Waals surface area contributed by atoms with Gasteiger partial charge in [0, 0.05) is 24.3 Å². The van der Waals surface area contributed by atoms with Gasteiger partial charge in [0.05, 0.1) is 5.56 Å². The lowest BCUT2D eigenvalue weighted by atomic mass is 9.98. The molecule has 2 atom stereocenters. The second kappa shape index (κ2) is 4.94. The summed E-state index contributed by atoms with van der Waals surface area (Å²) in [6, 6.07) is 4.07. The molecule has 1 aliphatic heterocycles. The number of amides is 1. The van der Waals surface area contributed by atoms with Gasteiger partial charge in [-0.15, -0.1) is 0 Å². The summed E-state index contributed by atoms with van der Waals surface area (Å²) in [7, 11) is 0. The van der Waals surface area contributed by atoms with Gasteiger partial charge in [-0.25, -0.2) is 4.98 Å². The van der Waals surface area contributed by atoms with Crippen LogP contribution in [-0.4, -0.2) is 29.5 Å². The van der Waals surface area contributed by atoms with Crippen LogP contribution in [0, 0.1) is 6.92 Å². The van der Waals surface area contributed by atoms with Gasteiger partial charge in [0.1, 0.15) is 5.82 Å². The molecule has 1 aromatic rings. The largest absolute Gasteiger partial charge is 0.365 e. The molecule has 18 heavy (non-hydrogen) atoms. The van der Waals surface area contributed by atoms with Crippen LogP contribution in [0.15, 0.2) is 12.1 Å². The third kappa shape index (κ3) is 2.46. The molecule has 2 heterocycles. The summed E-state index contributed by atoms with van der Waals surface area (Å²) in [4.78, 5) is 18.1. The number of anilines is 1. The number of aryl methyl sites for hydroxylation is 1. The maximum Gasteiger partial charge on any atom is 0.252 e. The van der Waals surface area contributed by atoms with E-state index in [0.29, 0.717) is 11.4 Å². The Kier molecular flexibility index (Phi) is 3.52. The average Bonchev–Trinajstić information content (AvgIpc) is 2.28. The lowest BCUT2D eigenvalue weighted by molar-refractivity contribution is 0.100. The monoisotopic (exact) mass is 248 g/mol. The Labute approximate surface area is 107 Å². The molecule has 0 aromatic carbocycles. The van der Waals surface area contributed by atoms with Crippen molar-refractivity contribution in [3.05, 3.63) is 23.4 Å². The van der Waals surface area contributed by atoms with Crippen LogP contribution in [0.1, 0.15) is 35.8 Å². The van der Waals surface area contributed by atoms with E-state index in [4.69, 9.17) is 11.5 Å². The molecular weight excluding hydrogens is 228 g/mol. The molecule has 0 aliphatic carbocycles. The average molecular weight is 248 g/mol. The van der Waals surface area contributed by atoms with Gasteiger partial charge in [0.25, 0.3) is 5.91 Å². The summed E-state index contributed by atoms with van der Waals surface area (Å²) >= 11 is 0. The van der Waals surface area contributed by atoms with Gasteiger partial charge in [-0.2, -0.15) is 0 Å². The molecule has 2 unspecified atom stereocenters. The van der Waals surface area contributed by atoms with Gasteiger partial charge in [0.15, 0.2) is 0 Å². The predicted molar refractivity (Wildman–Crippen MR) is 71.5 cm³/mol. The fourth-order valence-electron chi connectivity index (χ4n) is 2.48. The summed E-state index contributed by atoms with van der Waals surface area (Å²) < 4.78 is 0. The normalized spacial score (nSPS) is 24.1. The molecule has 1 amide bonds. The Morgan fingerprint density at radius 1 is 1.50 bits per heavy atom. The molecule has 0 saturated carbocycles. The molecule has 0 bridgehead atoms. The van der Waals surface area contributed by atoms with Crippen LogP contribution in [-0.2, 0) is 0 Å². The molecule has 1 saturated heterocycles. The van der Waals surface area contributed by atoms with Crippen molar-refractivity contribution in [1.82, 2.24) is 4.98 Å². The van der Waals surface area contributed by atoms with Crippen molar-refractivity contribution in [3.63, 3.8) is 0 Å². The van der Waals surface area contributed by atoms with Crippen LogP contribution in [0.5, 0.6) is 0 Å². The Hall–Kier alpha value is -1.62. The van der Waals surface area contributed by atoms with Crippen LogP contribution in [0.2, 0.25) is 0 Å². The maximum absolute atomic E-state index is 11.5. The Balaban J connectivity index is 2.37. The number of carbonyl (C=O) groups excluding carboxylic acids is 1. The number of pyridine rings is 1. The third-order valence-corrected chi connectivity index (χ3v) is 3.47. The minimum absolute atomic E-state index is 0.234. The zero-order valence-electron chi connectivity index (χ0n) is 10.9. The first-order valence-corrected chi connectivity index (χ1v) is 6.28. The molecule has 5 heteroatoms. The number of nitrogens with zero attached hydrogens (tertiary/aromatic N) is 2. The van der Waals surface area contributed by atoms with Crippen molar-refractivity contribution in [2.75, 3.05) is 11.4 Å². The van der Waals surface area contributed by atoms with E-state index in [1.807, 2.05) is 13.0 Å². The van der Waals surface area contributed by atoms with E-state index in [0.717, 1.165) is 25.1 Å². The number of hydrogen-bond donors (Lipinski definition) is 2. The van der Waals surface area contributed by atoms with Gasteiger partial charge < -0.3 is 16.4 Å².